The fourth-order valence-electron chi connectivity index (χ4n) is 7.20. The van der Waals surface area contributed by atoms with Crippen LogP contribution in [-0.2, 0) is 6.42 Å². The lowest BCUT2D eigenvalue weighted by Gasteiger charge is -2.24. The van der Waals surface area contributed by atoms with Crippen molar-refractivity contribution >= 4 is 32.8 Å². The van der Waals surface area contributed by atoms with E-state index < -0.39 is 0 Å². The van der Waals surface area contributed by atoms with E-state index in [9.17, 15) is 0 Å². The topological polar surface area (TPSA) is 43.6 Å². The van der Waals surface area contributed by atoms with Crippen LogP contribution in [0.15, 0.2) is 97.2 Å². The summed E-state index contributed by atoms with van der Waals surface area (Å²) >= 11 is 0. The summed E-state index contributed by atoms with van der Waals surface area (Å²) in [5.74, 6) is 1.05. The minimum Gasteiger partial charge on any atom is -0.277 e. The molecular weight excluding hydrogens is 476 g/mol. The van der Waals surface area contributed by atoms with Gasteiger partial charge in [-0.05, 0) is 77.4 Å². The number of aryl methyl sites for hydroxylation is 1. The molecule has 4 aromatic carbocycles. The molecule has 0 radical (unpaired) electrons. The summed E-state index contributed by atoms with van der Waals surface area (Å²) in [5, 5.41) is 3.45. The first-order valence-electron chi connectivity index (χ1n) is 13.7. The van der Waals surface area contributed by atoms with Crippen molar-refractivity contribution in [2.45, 2.75) is 25.7 Å². The van der Waals surface area contributed by atoms with Gasteiger partial charge in [0.2, 0.25) is 5.95 Å². The molecule has 0 saturated heterocycles. The summed E-state index contributed by atoms with van der Waals surface area (Å²) in [6.07, 6.45) is 3.95. The Labute approximate surface area is 225 Å². The summed E-state index contributed by atoms with van der Waals surface area (Å²) in [7, 11) is 0. The van der Waals surface area contributed by atoms with Gasteiger partial charge in [-0.3, -0.25) is 4.57 Å². The quantitative estimate of drug-likeness (QED) is 0.228. The largest absolute Gasteiger partial charge is 0.277 e. The maximum atomic E-state index is 5.07. The van der Waals surface area contributed by atoms with E-state index >= 15 is 0 Å². The van der Waals surface area contributed by atoms with Gasteiger partial charge in [0.15, 0.2) is 5.65 Å². The molecule has 3 heterocycles. The number of benzene rings is 4. The molecule has 0 N–H and O–H groups in total. The van der Waals surface area contributed by atoms with Gasteiger partial charge in [0.05, 0.1) is 16.7 Å². The van der Waals surface area contributed by atoms with E-state index in [4.69, 9.17) is 9.97 Å². The van der Waals surface area contributed by atoms with E-state index in [0.717, 1.165) is 35.1 Å². The van der Waals surface area contributed by atoms with Crippen LogP contribution >= 0.6 is 0 Å². The van der Waals surface area contributed by atoms with Crippen molar-refractivity contribution in [1.82, 2.24) is 19.5 Å². The maximum Gasteiger partial charge on any atom is 0.236 e. The molecule has 2 aliphatic rings. The van der Waals surface area contributed by atoms with Crippen LogP contribution in [-0.4, -0.2) is 19.5 Å². The van der Waals surface area contributed by atoms with Gasteiger partial charge in [0.1, 0.15) is 0 Å². The lowest BCUT2D eigenvalue weighted by Crippen LogP contribution is -2.07. The Morgan fingerprint density at radius 1 is 0.718 bits per heavy atom. The van der Waals surface area contributed by atoms with Gasteiger partial charge >= 0.3 is 0 Å². The Morgan fingerprint density at radius 2 is 1.46 bits per heavy atom. The minimum absolute atomic E-state index is 0.374. The highest BCUT2D eigenvalue weighted by atomic mass is 15.2. The molecule has 0 spiro atoms. The number of fused-ring (bicyclic) bond motifs is 13. The molecule has 4 heteroatoms. The second-order valence-electron chi connectivity index (χ2n) is 10.8. The van der Waals surface area contributed by atoms with Crippen LogP contribution in [0.3, 0.4) is 0 Å². The van der Waals surface area contributed by atoms with Crippen LogP contribution < -0.4 is 0 Å². The second-order valence-corrected chi connectivity index (χ2v) is 10.8. The van der Waals surface area contributed by atoms with Crippen LogP contribution in [0, 0.1) is 6.92 Å². The lowest BCUT2D eigenvalue weighted by atomic mass is 9.80. The van der Waals surface area contributed by atoms with Gasteiger partial charge in [0.25, 0.3) is 0 Å². The molecule has 2 aliphatic carbocycles. The first-order chi connectivity index (χ1) is 19.3. The van der Waals surface area contributed by atoms with Crippen molar-refractivity contribution in [1.29, 1.82) is 0 Å². The average molecular weight is 501 g/mol. The minimum atomic E-state index is 0.374. The highest BCUT2D eigenvalue weighted by molar-refractivity contribution is 6.16. The Hall–Kier alpha value is -4.83. The number of para-hydroxylation sites is 1. The van der Waals surface area contributed by atoms with Crippen molar-refractivity contribution in [2.75, 3.05) is 0 Å². The number of hydrogen-bond acceptors (Lipinski definition) is 3. The Kier molecular flexibility index (Phi) is 4.12. The number of pyridine rings is 1. The highest BCUT2D eigenvalue weighted by Crippen LogP contribution is 2.53. The molecule has 184 valence electrons. The summed E-state index contributed by atoms with van der Waals surface area (Å²) in [6, 6.07) is 33.2. The van der Waals surface area contributed by atoms with E-state index in [1.165, 1.54) is 55.2 Å². The third-order valence-electron chi connectivity index (χ3n) is 8.83. The standard InChI is InChI=1S/C35H24N4/c1-20-21-14-8-18-36-34(21)38-35(37-20)39-31-15-7-6-12-26(31)30-19-29-24-11-3-2-9-22(24)25-16-17-28(29)32(33(30)39)27-13-5-4-10-23(25)27/h2-15,18-19,25H,16-17H2,1H3. The fraction of sp³-hybridized carbons (Fsp3) is 0.114. The lowest BCUT2D eigenvalue weighted by molar-refractivity contribution is 0.736. The summed E-state index contributed by atoms with van der Waals surface area (Å²) in [4.78, 5) is 14.7. The molecule has 3 aromatic heterocycles. The summed E-state index contributed by atoms with van der Waals surface area (Å²) in [6.45, 7) is 2.05. The number of hydrogen-bond donors (Lipinski definition) is 0. The normalized spacial score (nSPS) is 15.4. The molecule has 2 bridgehead atoms. The molecule has 1 atom stereocenters. The van der Waals surface area contributed by atoms with E-state index in [0.29, 0.717) is 11.9 Å². The fourth-order valence-corrected chi connectivity index (χ4v) is 7.20. The zero-order valence-corrected chi connectivity index (χ0v) is 21.5. The van der Waals surface area contributed by atoms with Crippen LogP contribution in [0.4, 0.5) is 0 Å². The van der Waals surface area contributed by atoms with Gasteiger partial charge in [-0.15, -0.1) is 0 Å². The molecule has 39 heavy (non-hydrogen) atoms. The first-order valence-corrected chi connectivity index (χ1v) is 13.7. The van der Waals surface area contributed by atoms with E-state index in [-0.39, 0.29) is 0 Å². The number of nitrogens with zero attached hydrogens (tertiary/aromatic N) is 4. The van der Waals surface area contributed by atoms with Crippen molar-refractivity contribution in [3.8, 4) is 28.2 Å². The van der Waals surface area contributed by atoms with Crippen LogP contribution in [0.5, 0.6) is 0 Å². The average Bonchev–Trinajstić information content (AvgIpc) is 3.09. The van der Waals surface area contributed by atoms with Crippen LogP contribution in [0.2, 0.25) is 0 Å². The molecule has 4 nitrogen and oxygen atoms in total. The monoisotopic (exact) mass is 500 g/mol. The number of rotatable bonds is 1. The van der Waals surface area contributed by atoms with Crippen molar-refractivity contribution in [3.05, 3.63) is 120 Å². The Balaban J connectivity index is 1.53. The first kappa shape index (κ1) is 21.1. The van der Waals surface area contributed by atoms with Gasteiger partial charge < -0.3 is 0 Å². The predicted molar refractivity (Wildman–Crippen MR) is 157 cm³/mol. The smallest absolute Gasteiger partial charge is 0.236 e. The summed E-state index contributed by atoms with van der Waals surface area (Å²) in [5.41, 5.74) is 13.7. The third kappa shape index (κ3) is 2.75. The van der Waals surface area contributed by atoms with Gasteiger partial charge in [0, 0.05) is 33.8 Å². The van der Waals surface area contributed by atoms with Gasteiger partial charge in [-0.25, -0.2) is 9.97 Å². The predicted octanol–water partition coefficient (Wildman–Crippen LogP) is 8.16. The molecule has 9 rings (SSSR count). The molecule has 1 unspecified atom stereocenters. The molecular formula is C35H24N4. The third-order valence-corrected chi connectivity index (χ3v) is 8.83. The maximum absolute atomic E-state index is 5.07. The van der Waals surface area contributed by atoms with Crippen molar-refractivity contribution in [3.63, 3.8) is 0 Å². The van der Waals surface area contributed by atoms with E-state index in [1.807, 2.05) is 18.3 Å². The van der Waals surface area contributed by atoms with Crippen molar-refractivity contribution < 1.29 is 0 Å². The molecule has 0 fully saturated rings. The SMILES string of the molecule is Cc1nc(-n2c3ccccc3c3cc4c5c(c32)-c2ccccc2C(CC5)c2ccccc2-4)nc2ncccc12. The second kappa shape index (κ2) is 7.61. The van der Waals surface area contributed by atoms with Gasteiger partial charge in [-0.2, -0.15) is 4.98 Å². The zero-order chi connectivity index (χ0) is 25.7. The summed E-state index contributed by atoms with van der Waals surface area (Å²) < 4.78 is 2.29. The van der Waals surface area contributed by atoms with Gasteiger partial charge in [-0.1, -0.05) is 66.7 Å². The molecule has 0 saturated carbocycles. The number of aromatic nitrogens is 4. The Bertz CT molecular complexity index is 2150. The van der Waals surface area contributed by atoms with Crippen molar-refractivity contribution in [2.24, 2.45) is 0 Å². The van der Waals surface area contributed by atoms with E-state index in [1.54, 1.807) is 0 Å². The van der Waals surface area contributed by atoms with Crippen LogP contribution in [0.1, 0.15) is 34.7 Å². The van der Waals surface area contributed by atoms with Crippen LogP contribution in [0.25, 0.3) is 61.0 Å². The molecule has 0 aliphatic heterocycles. The zero-order valence-electron chi connectivity index (χ0n) is 21.5. The molecule has 0 amide bonds. The Morgan fingerprint density at radius 3 is 2.36 bits per heavy atom. The van der Waals surface area contributed by atoms with E-state index in [2.05, 4.69) is 95.3 Å². The molecule has 7 aromatic rings. The highest BCUT2D eigenvalue weighted by Gasteiger charge is 2.34.